The van der Waals surface area contributed by atoms with Crippen molar-refractivity contribution in [1.29, 1.82) is 0 Å². The summed E-state index contributed by atoms with van der Waals surface area (Å²) >= 11 is 0. The summed E-state index contributed by atoms with van der Waals surface area (Å²) in [5.74, 6) is -16.7. The van der Waals surface area contributed by atoms with Crippen molar-refractivity contribution in [3.8, 4) is 11.5 Å². The molecule has 0 bridgehead atoms. The largest absolute Gasteiger partial charge is 0.504 e. The third-order valence-electron chi connectivity index (χ3n) is 2.35. The van der Waals surface area contributed by atoms with Gasteiger partial charge in [-0.15, -0.1) is 0 Å². The van der Waals surface area contributed by atoms with E-state index in [-0.39, 0.29) is 0 Å². The fraction of sp³-hybridized carbons (Fsp3) is 0. The molecule has 0 amide bonds. The Kier molecular flexibility index (Phi) is 2.53. The van der Waals surface area contributed by atoms with Crippen LogP contribution in [0, 0.1) is 34.9 Å². The van der Waals surface area contributed by atoms with E-state index in [1.807, 2.05) is 0 Å². The first kappa shape index (κ1) is 12.3. The number of hydrogen-bond donors (Lipinski definition) is 2. The molecule has 2 N–H and O–H groups in total. The molecule has 2 nitrogen and oxygen atoms in total. The molecule has 2 rings (SSSR count). The molecule has 0 unspecified atom stereocenters. The van der Waals surface area contributed by atoms with Crippen LogP contribution in [0.5, 0.6) is 11.5 Å². The lowest BCUT2D eigenvalue weighted by Gasteiger charge is -2.09. The number of phenols is 2. The Labute approximate surface area is 94.7 Å². The predicted octanol–water partition coefficient (Wildman–Crippen LogP) is 3.09. The molecule has 0 aromatic heterocycles. The molecular weight excluding hydrogens is 266 g/mol. The number of rotatable bonds is 0. The quantitative estimate of drug-likeness (QED) is 0.569. The lowest BCUT2D eigenvalue weighted by atomic mass is 10.1. The van der Waals surface area contributed by atoms with Gasteiger partial charge >= 0.3 is 0 Å². The van der Waals surface area contributed by atoms with E-state index in [2.05, 4.69) is 0 Å². The highest BCUT2D eigenvalue weighted by Gasteiger charge is 2.29. The first-order valence-corrected chi connectivity index (χ1v) is 4.33. The molecule has 18 heavy (non-hydrogen) atoms. The van der Waals surface area contributed by atoms with Crippen LogP contribution < -0.4 is 0 Å². The summed E-state index contributed by atoms with van der Waals surface area (Å²) < 4.78 is 78.1. The lowest BCUT2D eigenvalue weighted by molar-refractivity contribution is 0.374. The third kappa shape index (κ3) is 1.31. The van der Waals surface area contributed by atoms with Gasteiger partial charge in [-0.25, -0.2) is 17.6 Å². The molecule has 0 aliphatic carbocycles. The minimum atomic E-state index is -2.27. The second kappa shape index (κ2) is 3.69. The molecule has 0 heterocycles. The summed E-state index contributed by atoms with van der Waals surface area (Å²) in [6.07, 6.45) is 0. The van der Waals surface area contributed by atoms with E-state index < -0.39 is 57.2 Å². The van der Waals surface area contributed by atoms with E-state index in [1.54, 1.807) is 0 Å². The summed E-state index contributed by atoms with van der Waals surface area (Å²) in [4.78, 5) is 0. The summed E-state index contributed by atoms with van der Waals surface area (Å²) in [6.45, 7) is 0. The summed E-state index contributed by atoms with van der Waals surface area (Å²) in [5.41, 5.74) is 0. The zero-order valence-electron chi connectivity index (χ0n) is 8.16. The summed E-state index contributed by atoms with van der Waals surface area (Å²) in [7, 11) is 0. The molecule has 8 heteroatoms. The van der Waals surface area contributed by atoms with Gasteiger partial charge in [-0.05, 0) is 0 Å². The van der Waals surface area contributed by atoms with Crippen molar-refractivity contribution >= 4 is 10.8 Å². The normalized spacial score (nSPS) is 11.2. The van der Waals surface area contributed by atoms with Crippen LogP contribution in [0.3, 0.4) is 0 Å². The van der Waals surface area contributed by atoms with Crippen molar-refractivity contribution in [2.45, 2.75) is 0 Å². The first-order valence-electron chi connectivity index (χ1n) is 4.33. The zero-order valence-corrected chi connectivity index (χ0v) is 8.16. The molecule has 2 aromatic rings. The maximum atomic E-state index is 13.2. The minimum Gasteiger partial charge on any atom is -0.504 e. The van der Waals surface area contributed by atoms with Crippen LogP contribution >= 0.6 is 0 Å². The van der Waals surface area contributed by atoms with Gasteiger partial charge in [0.15, 0.2) is 34.8 Å². The Morgan fingerprint density at radius 2 is 0.778 bits per heavy atom. The highest BCUT2D eigenvalue weighted by atomic mass is 19.2. The summed E-state index contributed by atoms with van der Waals surface area (Å²) in [5, 5.41) is 15.2. The fourth-order valence-electron chi connectivity index (χ4n) is 1.50. The molecule has 96 valence electrons. The molecule has 0 aliphatic rings. The highest BCUT2D eigenvalue weighted by Crippen LogP contribution is 2.41. The Balaban J connectivity index is 3.22. The minimum absolute atomic E-state index is 1.39. The molecule has 0 radical (unpaired) electrons. The van der Waals surface area contributed by atoms with Crippen LogP contribution in [0.4, 0.5) is 26.3 Å². The second-order valence-electron chi connectivity index (χ2n) is 3.33. The molecule has 0 aliphatic heterocycles. The lowest BCUT2D eigenvalue weighted by Crippen LogP contribution is -2.01. The Bertz CT molecular complexity index is 569. The van der Waals surface area contributed by atoms with Crippen LogP contribution in [-0.2, 0) is 0 Å². The van der Waals surface area contributed by atoms with Crippen molar-refractivity contribution in [2.24, 2.45) is 0 Å². The van der Waals surface area contributed by atoms with Crippen molar-refractivity contribution in [2.75, 3.05) is 0 Å². The monoisotopic (exact) mass is 268 g/mol. The number of fused-ring (bicyclic) bond motifs is 1. The van der Waals surface area contributed by atoms with Crippen LogP contribution in [0.15, 0.2) is 0 Å². The van der Waals surface area contributed by atoms with E-state index in [9.17, 15) is 26.3 Å². The van der Waals surface area contributed by atoms with Gasteiger partial charge in [0.1, 0.15) is 0 Å². The summed E-state index contributed by atoms with van der Waals surface area (Å²) in [6, 6.07) is 0. The number of benzene rings is 2. The van der Waals surface area contributed by atoms with Gasteiger partial charge in [-0.3, -0.25) is 0 Å². The smallest absolute Gasteiger partial charge is 0.204 e. The molecule has 0 spiro atoms. The van der Waals surface area contributed by atoms with E-state index in [0.29, 0.717) is 0 Å². The van der Waals surface area contributed by atoms with E-state index in [4.69, 9.17) is 10.2 Å². The average molecular weight is 268 g/mol. The van der Waals surface area contributed by atoms with Gasteiger partial charge < -0.3 is 10.2 Å². The van der Waals surface area contributed by atoms with Gasteiger partial charge in [-0.1, -0.05) is 0 Å². The van der Waals surface area contributed by atoms with Crippen LogP contribution in [0.1, 0.15) is 0 Å². The van der Waals surface area contributed by atoms with Crippen LogP contribution in [-0.4, -0.2) is 10.2 Å². The molecule has 0 atom stereocenters. The standard InChI is InChI=1S/C10H2F6O2/c11-3-1-2(9(17)7(15)5(3)13)10(18)8(16)6(14)4(1)12/h17-18H. The fourth-order valence-corrected chi connectivity index (χ4v) is 1.50. The van der Waals surface area contributed by atoms with Crippen molar-refractivity contribution in [1.82, 2.24) is 0 Å². The van der Waals surface area contributed by atoms with Crippen molar-refractivity contribution in [3.63, 3.8) is 0 Å². The van der Waals surface area contributed by atoms with E-state index >= 15 is 0 Å². The van der Waals surface area contributed by atoms with E-state index in [0.717, 1.165) is 0 Å². The maximum absolute atomic E-state index is 13.2. The predicted molar refractivity (Wildman–Crippen MR) is 47.0 cm³/mol. The highest BCUT2D eigenvalue weighted by molar-refractivity contribution is 5.94. The zero-order chi connectivity index (χ0) is 13.8. The average Bonchev–Trinajstić information content (AvgIpc) is 2.35. The van der Waals surface area contributed by atoms with Crippen molar-refractivity contribution < 1.29 is 36.6 Å². The number of aromatic hydroxyl groups is 2. The second-order valence-corrected chi connectivity index (χ2v) is 3.33. The molecule has 0 saturated carbocycles. The van der Waals surface area contributed by atoms with Gasteiger partial charge in [0.05, 0.1) is 10.8 Å². The SMILES string of the molecule is Oc1c(F)c(F)c(F)c2c(F)c(F)c(F)c(O)c12. The first-order chi connectivity index (χ1) is 8.29. The Morgan fingerprint density at radius 1 is 0.444 bits per heavy atom. The van der Waals surface area contributed by atoms with Gasteiger partial charge in [-0.2, -0.15) is 8.78 Å². The maximum Gasteiger partial charge on any atom is 0.204 e. The van der Waals surface area contributed by atoms with Gasteiger partial charge in [0, 0.05) is 0 Å². The van der Waals surface area contributed by atoms with Crippen LogP contribution in [0.2, 0.25) is 0 Å². The number of phenolic OH excluding ortho intramolecular Hbond substituents is 2. The van der Waals surface area contributed by atoms with Gasteiger partial charge in [0.2, 0.25) is 11.6 Å². The van der Waals surface area contributed by atoms with E-state index in [1.165, 1.54) is 0 Å². The molecular formula is C10H2F6O2. The topological polar surface area (TPSA) is 40.5 Å². The number of halogens is 6. The molecule has 0 saturated heterocycles. The van der Waals surface area contributed by atoms with Gasteiger partial charge in [0.25, 0.3) is 0 Å². The molecule has 0 fully saturated rings. The number of hydrogen-bond acceptors (Lipinski definition) is 2. The third-order valence-corrected chi connectivity index (χ3v) is 2.35. The molecule has 2 aromatic carbocycles. The van der Waals surface area contributed by atoms with Crippen molar-refractivity contribution in [3.05, 3.63) is 34.9 Å². The Hall–Kier alpha value is -2.12. The van der Waals surface area contributed by atoms with Crippen LogP contribution in [0.25, 0.3) is 10.8 Å². The Morgan fingerprint density at radius 3 is 1.11 bits per heavy atom.